The number of imide groups is 1. The second kappa shape index (κ2) is 6.65. The van der Waals surface area contributed by atoms with E-state index in [1.54, 1.807) is 36.4 Å². The van der Waals surface area contributed by atoms with Crippen molar-refractivity contribution in [1.82, 2.24) is 0 Å². The lowest BCUT2D eigenvalue weighted by molar-refractivity contribution is 0.0925. The first kappa shape index (κ1) is 17.5. The Kier molecular flexibility index (Phi) is 4.30. The number of amides is 2. The van der Waals surface area contributed by atoms with Crippen molar-refractivity contribution in [2.75, 3.05) is 4.90 Å². The second-order valence-corrected chi connectivity index (χ2v) is 6.84. The molecule has 0 atom stereocenters. The Morgan fingerprint density at radius 2 is 1.44 bits per heavy atom. The molecule has 132 valence electrons. The molecule has 1 heterocycles. The molecule has 1 aliphatic heterocycles. The van der Waals surface area contributed by atoms with Gasteiger partial charge in [-0.25, -0.2) is 4.90 Å². The zero-order chi connectivity index (χ0) is 19.1. The molecule has 3 aromatic rings. The highest BCUT2D eigenvalue weighted by molar-refractivity contribution is 6.41. The van der Waals surface area contributed by atoms with Crippen LogP contribution in [0.1, 0.15) is 36.6 Å². The highest BCUT2D eigenvalue weighted by atomic mass is 35.5. The molecule has 0 unspecified atom stereocenters. The maximum Gasteiger partial charge on any atom is 0.266 e. The van der Waals surface area contributed by atoms with Gasteiger partial charge in [0.25, 0.3) is 11.8 Å². The van der Waals surface area contributed by atoms with Gasteiger partial charge in [-0.1, -0.05) is 59.6 Å². The number of hydrogen-bond donors (Lipinski definition) is 0. The zero-order valence-electron chi connectivity index (χ0n) is 13.8. The number of carbonyl (C=O) groups is 3. The van der Waals surface area contributed by atoms with Crippen LogP contribution < -0.4 is 4.90 Å². The molecule has 0 fully saturated rings. The molecule has 0 radical (unpaired) electrons. The Morgan fingerprint density at radius 3 is 2.19 bits per heavy atom. The number of carbonyl (C=O) groups excluding carboxylic acids is 3. The molecule has 0 bridgehead atoms. The largest absolute Gasteiger partial charge is 0.289 e. The first-order valence-corrected chi connectivity index (χ1v) is 8.80. The van der Waals surface area contributed by atoms with E-state index in [2.05, 4.69) is 0 Å². The van der Waals surface area contributed by atoms with E-state index in [9.17, 15) is 14.4 Å². The molecular weight excluding hydrogens is 385 g/mol. The van der Waals surface area contributed by atoms with Crippen LogP contribution in [0.3, 0.4) is 0 Å². The first-order valence-electron chi connectivity index (χ1n) is 8.05. The third kappa shape index (κ3) is 2.93. The summed E-state index contributed by atoms with van der Waals surface area (Å²) in [5.74, 6) is -1.27. The zero-order valence-corrected chi connectivity index (χ0v) is 15.3. The fourth-order valence-corrected chi connectivity index (χ4v) is 3.38. The van der Waals surface area contributed by atoms with E-state index in [1.807, 2.05) is 6.07 Å². The minimum Gasteiger partial charge on any atom is -0.289 e. The number of ketones is 1. The van der Waals surface area contributed by atoms with E-state index in [0.717, 1.165) is 4.90 Å². The molecule has 0 saturated carbocycles. The smallest absolute Gasteiger partial charge is 0.266 e. The molecule has 6 heteroatoms. The lowest BCUT2D eigenvalue weighted by atomic mass is 9.99. The van der Waals surface area contributed by atoms with Crippen LogP contribution in [0.25, 0.3) is 0 Å². The first-order chi connectivity index (χ1) is 13.0. The number of fused-ring (bicyclic) bond motifs is 1. The summed E-state index contributed by atoms with van der Waals surface area (Å²) in [7, 11) is 0. The summed E-state index contributed by atoms with van der Waals surface area (Å²) in [6, 6.07) is 17.8. The van der Waals surface area contributed by atoms with Gasteiger partial charge >= 0.3 is 0 Å². The van der Waals surface area contributed by atoms with E-state index >= 15 is 0 Å². The summed E-state index contributed by atoms with van der Waals surface area (Å²) in [6.45, 7) is 0. The molecule has 0 aromatic heterocycles. The van der Waals surface area contributed by atoms with Crippen molar-refractivity contribution in [3.05, 3.63) is 99.0 Å². The van der Waals surface area contributed by atoms with Gasteiger partial charge in [0.15, 0.2) is 5.78 Å². The van der Waals surface area contributed by atoms with E-state index in [-0.39, 0.29) is 27.6 Å². The van der Waals surface area contributed by atoms with Crippen molar-refractivity contribution in [3.63, 3.8) is 0 Å². The predicted octanol–water partition coefficient (Wildman–Crippen LogP) is 5.03. The quantitative estimate of drug-likeness (QED) is 0.461. The molecule has 3 aromatic carbocycles. The van der Waals surface area contributed by atoms with Gasteiger partial charge in [-0.15, -0.1) is 0 Å². The Balaban J connectivity index is 1.76. The van der Waals surface area contributed by atoms with Gasteiger partial charge in [-0.3, -0.25) is 14.4 Å². The van der Waals surface area contributed by atoms with Gasteiger partial charge in [0, 0.05) is 16.1 Å². The fraction of sp³-hybridized carbons (Fsp3) is 0. The summed E-state index contributed by atoms with van der Waals surface area (Å²) in [5.41, 5.74) is 1.44. The maximum atomic E-state index is 12.9. The average molecular weight is 396 g/mol. The summed E-state index contributed by atoms with van der Waals surface area (Å²) in [6.07, 6.45) is 0. The topological polar surface area (TPSA) is 54.5 Å². The van der Waals surface area contributed by atoms with Gasteiger partial charge in [-0.2, -0.15) is 0 Å². The van der Waals surface area contributed by atoms with E-state index in [4.69, 9.17) is 23.2 Å². The standard InChI is InChI=1S/C21H11Cl2NO3/c22-14-7-9-17(23)18(11-14)24-20(26)15-8-6-13(10-16(15)21(24)27)19(25)12-4-2-1-3-5-12/h1-11H. The lowest BCUT2D eigenvalue weighted by Crippen LogP contribution is -2.29. The van der Waals surface area contributed by atoms with Gasteiger partial charge in [0.2, 0.25) is 0 Å². The van der Waals surface area contributed by atoms with Crippen molar-refractivity contribution >= 4 is 46.5 Å². The molecule has 27 heavy (non-hydrogen) atoms. The molecule has 4 nitrogen and oxygen atoms in total. The monoisotopic (exact) mass is 395 g/mol. The van der Waals surface area contributed by atoms with Crippen molar-refractivity contribution in [2.24, 2.45) is 0 Å². The SMILES string of the molecule is O=C(c1ccccc1)c1ccc2c(c1)C(=O)N(c1cc(Cl)ccc1Cl)C2=O. The number of rotatable bonds is 3. The van der Waals surface area contributed by atoms with Crippen LogP contribution in [0.5, 0.6) is 0 Å². The third-order valence-electron chi connectivity index (χ3n) is 4.33. The van der Waals surface area contributed by atoms with E-state index in [1.165, 1.54) is 24.3 Å². The molecular formula is C21H11Cl2NO3. The summed E-state index contributed by atoms with van der Waals surface area (Å²) in [5, 5.41) is 0.584. The Hall–Kier alpha value is -2.95. The summed E-state index contributed by atoms with van der Waals surface area (Å²) < 4.78 is 0. The minimum atomic E-state index is -0.540. The normalized spacial score (nSPS) is 13.0. The number of anilines is 1. The number of nitrogens with zero attached hydrogens (tertiary/aromatic N) is 1. The molecule has 0 saturated heterocycles. The van der Waals surface area contributed by atoms with Crippen LogP contribution in [-0.2, 0) is 0 Å². The van der Waals surface area contributed by atoms with Crippen molar-refractivity contribution in [3.8, 4) is 0 Å². The van der Waals surface area contributed by atoms with Crippen LogP contribution >= 0.6 is 23.2 Å². The Morgan fingerprint density at radius 1 is 0.741 bits per heavy atom. The van der Waals surface area contributed by atoms with Crippen molar-refractivity contribution in [2.45, 2.75) is 0 Å². The molecule has 0 spiro atoms. The summed E-state index contributed by atoms with van der Waals surface area (Å²) in [4.78, 5) is 39.2. The van der Waals surface area contributed by atoms with Crippen LogP contribution in [0.15, 0.2) is 66.7 Å². The number of hydrogen-bond acceptors (Lipinski definition) is 3. The summed E-state index contributed by atoms with van der Waals surface area (Å²) >= 11 is 12.1. The Labute approximate surface area is 164 Å². The van der Waals surface area contributed by atoms with Crippen LogP contribution in [-0.4, -0.2) is 17.6 Å². The van der Waals surface area contributed by atoms with Crippen LogP contribution in [0.2, 0.25) is 10.0 Å². The van der Waals surface area contributed by atoms with Gasteiger partial charge in [-0.05, 0) is 30.3 Å². The predicted molar refractivity (Wildman–Crippen MR) is 104 cm³/mol. The van der Waals surface area contributed by atoms with Crippen LogP contribution in [0, 0.1) is 0 Å². The lowest BCUT2D eigenvalue weighted by Gasteiger charge is -2.15. The average Bonchev–Trinajstić information content (AvgIpc) is 2.94. The van der Waals surface area contributed by atoms with E-state index < -0.39 is 11.8 Å². The molecule has 2 amide bonds. The minimum absolute atomic E-state index is 0.165. The third-order valence-corrected chi connectivity index (χ3v) is 4.89. The Bertz CT molecular complexity index is 1110. The molecule has 1 aliphatic rings. The van der Waals surface area contributed by atoms with Crippen molar-refractivity contribution < 1.29 is 14.4 Å². The highest BCUT2D eigenvalue weighted by Gasteiger charge is 2.38. The fourth-order valence-electron chi connectivity index (χ4n) is 3.01. The highest BCUT2D eigenvalue weighted by Crippen LogP contribution is 2.35. The maximum absolute atomic E-state index is 12.9. The molecule has 0 aliphatic carbocycles. The van der Waals surface area contributed by atoms with Gasteiger partial charge < -0.3 is 0 Å². The molecule has 4 rings (SSSR count). The van der Waals surface area contributed by atoms with E-state index in [0.29, 0.717) is 16.1 Å². The van der Waals surface area contributed by atoms with Crippen LogP contribution in [0.4, 0.5) is 5.69 Å². The van der Waals surface area contributed by atoms with Gasteiger partial charge in [0.05, 0.1) is 21.8 Å². The second-order valence-electron chi connectivity index (χ2n) is 6.00. The number of benzene rings is 3. The molecule has 0 N–H and O–H groups in total. The van der Waals surface area contributed by atoms with Gasteiger partial charge in [0.1, 0.15) is 0 Å². The number of halogens is 2. The van der Waals surface area contributed by atoms with Crippen molar-refractivity contribution in [1.29, 1.82) is 0 Å².